The van der Waals surface area contributed by atoms with Gasteiger partial charge in [-0.25, -0.2) is 0 Å². The molecule has 0 saturated heterocycles. The molecule has 0 aliphatic heterocycles. The summed E-state index contributed by atoms with van der Waals surface area (Å²) in [5.41, 5.74) is 1.87. The SMILES string of the molecule is CCC(c1ccc(C(CC)C2C(Cl)C3(Cl)C(Cl)=C(Cl)C2(Cl)C3(Cl)Cl)cc1)C1C(Cl)C2(Cl)C(Cl)=C(Cl)C1(Cl)C2(Cl)Cl. The fourth-order valence-electron chi connectivity index (χ4n) is 7.26. The molecule has 0 amide bonds. The van der Waals surface area contributed by atoms with Gasteiger partial charge in [-0.1, -0.05) is 131 Å². The highest BCUT2D eigenvalue weighted by atomic mass is 35.5. The van der Waals surface area contributed by atoms with Crippen LogP contribution >= 0.6 is 162 Å². The van der Waals surface area contributed by atoms with Crippen LogP contribution in [0.3, 0.4) is 0 Å². The average molecular weight is 829 g/mol. The monoisotopic (exact) mass is 822 g/mol. The molecule has 10 atom stereocenters. The van der Waals surface area contributed by atoms with Crippen molar-refractivity contribution in [3.8, 4) is 0 Å². The molecule has 10 unspecified atom stereocenters. The third-order valence-electron chi connectivity index (χ3n) is 9.34. The molecule has 1 aromatic carbocycles. The Morgan fingerprint density at radius 3 is 1.00 bits per heavy atom. The third-order valence-corrected chi connectivity index (χ3v) is 19.3. The van der Waals surface area contributed by atoms with Gasteiger partial charge in [0, 0.05) is 11.8 Å². The van der Waals surface area contributed by atoms with Crippen LogP contribution in [0.1, 0.15) is 49.7 Å². The Balaban J connectivity index is 1.52. The van der Waals surface area contributed by atoms with Crippen LogP contribution in [-0.4, -0.2) is 38.9 Å². The average Bonchev–Trinajstić information content (AvgIpc) is 3.22. The molecule has 5 rings (SSSR count). The van der Waals surface area contributed by atoms with Gasteiger partial charge < -0.3 is 0 Å². The second-order valence-corrected chi connectivity index (χ2v) is 18.3. The maximum atomic E-state index is 7.13. The van der Waals surface area contributed by atoms with E-state index in [0.717, 1.165) is 11.1 Å². The molecule has 4 bridgehead atoms. The molecule has 2 saturated carbocycles. The van der Waals surface area contributed by atoms with Crippen molar-refractivity contribution in [2.45, 2.75) is 77.4 Å². The molecule has 40 heavy (non-hydrogen) atoms. The van der Waals surface area contributed by atoms with Crippen LogP contribution in [0.2, 0.25) is 0 Å². The van der Waals surface area contributed by atoms with Crippen LogP contribution in [0.25, 0.3) is 0 Å². The molecule has 4 aliphatic rings. The Morgan fingerprint density at radius 2 is 0.775 bits per heavy atom. The summed E-state index contributed by atoms with van der Waals surface area (Å²) in [5.74, 6) is -1.49. The Hall–Kier alpha value is 2.76. The molecular formula is C26H20Cl14. The van der Waals surface area contributed by atoms with Crippen LogP contribution in [0.15, 0.2) is 44.4 Å². The van der Waals surface area contributed by atoms with Crippen LogP contribution in [-0.2, 0) is 0 Å². The molecule has 4 aliphatic carbocycles. The lowest BCUT2D eigenvalue weighted by Crippen LogP contribution is -2.45. The van der Waals surface area contributed by atoms with Crippen LogP contribution in [0.5, 0.6) is 0 Å². The predicted molar refractivity (Wildman–Crippen MR) is 179 cm³/mol. The minimum atomic E-state index is -1.73. The predicted octanol–water partition coefficient (Wildman–Crippen LogP) is 12.8. The van der Waals surface area contributed by atoms with E-state index in [-0.39, 0.29) is 32.0 Å². The van der Waals surface area contributed by atoms with Crippen LogP contribution < -0.4 is 0 Å². The lowest BCUT2D eigenvalue weighted by molar-refractivity contribution is 0.370. The van der Waals surface area contributed by atoms with Gasteiger partial charge in [0.2, 0.25) is 0 Å². The minimum Gasteiger partial charge on any atom is -0.120 e. The summed E-state index contributed by atoms with van der Waals surface area (Å²) in [5, 5.41) is -1.24. The molecular weight excluding hydrogens is 809 g/mol. The van der Waals surface area contributed by atoms with E-state index < -0.39 is 50.8 Å². The number of allylic oxidation sites excluding steroid dienone is 4. The van der Waals surface area contributed by atoms with Gasteiger partial charge in [-0.3, -0.25) is 0 Å². The van der Waals surface area contributed by atoms with E-state index in [1.807, 2.05) is 38.1 Å². The highest BCUT2D eigenvalue weighted by molar-refractivity contribution is 6.68. The molecule has 0 radical (unpaired) electrons. The Kier molecular flexibility index (Phi) is 9.07. The van der Waals surface area contributed by atoms with E-state index in [2.05, 4.69) is 0 Å². The first kappa shape index (κ1) is 34.1. The Morgan fingerprint density at radius 1 is 0.525 bits per heavy atom. The summed E-state index contributed by atoms with van der Waals surface area (Å²) in [6.45, 7) is 4.02. The summed E-state index contributed by atoms with van der Waals surface area (Å²) in [4.78, 5) is -6.07. The molecule has 0 heterocycles. The van der Waals surface area contributed by atoms with Gasteiger partial charge >= 0.3 is 0 Å². The lowest BCUT2D eigenvalue weighted by atomic mass is 9.73. The van der Waals surface area contributed by atoms with Gasteiger partial charge in [0.05, 0.1) is 30.9 Å². The molecule has 2 fully saturated rings. The second-order valence-electron chi connectivity index (χ2n) is 10.8. The number of rotatable bonds is 6. The van der Waals surface area contributed by atoms with Crippen molar-refractivity contribution >= 4 is 162 Å². The first-order valence-electron chi connectivity index (χ1n) is 12.3. The Bertz CT molecular complexity index is 1210. The molecule has 0 spiro atoms. The summed E-state index contributed by atoms with van der Waals surface area (Å²) in [6, 6.07) is 7.94. The zero-order valence-electron chi connectivity index (χ0n) is 20.5. The van der Waals surface area contributed by atoms with E-state index in [9.17, 15) is 0 Å². The molecule has 0 N–H and O–H groups in total. The molecule has 1 aromatic rings. The van der Waals surface area contributed by atoms with E-state index in [4.69, 9.17) is 162 Å². The smallest absolute Gasteiger partial charge is 0.120 e. The fourth-order valence-corrected chi connectivity index (χ4v) is 14.9. The number of fused-ring (bicyclic) bond motifs is 4. The van der Waals surface area contributed by atoms with Gasteiger partial charge in [0.25, 0.3) is 0 Å². The number of halogens is 14. The third kappa shape index (κ3) is 3.66. The topological polar surface area (TPSA) is 0 Å². The van der Waals surface area contributed by atoms with Gasteiger partial charge in [-0.05, 0) is 35.8 Å². The summed E-state index contributed by atoms with van der Waals surface area (Å²) in [7, 11) is 0. The number of alkyl halides is 10. The molecule has 0 nitrogen and oxygen atoms in total. The van der Waals surface area contributed by atoms with Gasteiger partial charge in [0.1, 0.15) is 19.5 Å². The van der Waals surface area contributed by atoms with E-state index in [1.54, 1.807) is 0 Å². The van der Waals surface area contributed by atoms with E-state index in [0.29, 0.717) is 12.8 Å². The standard InChI is InChI=1S/C26H20Cl14/c1-3-11(13-15(27)23(35)19(31)17(29)21(13,33)25(23,37)38)9-5-7-10(8-6-9)12(4-2)14-16(28)24(36)20(32)18(30)22(14,34)26(24,39)40/h5-8,11-16H,3-4H2,1-2H3. The van der Waals surface area contributed by atoms with Gasteiger partial charge in [-0.2, -0.15) is 0 Å². The van der Waals surface area contributed by atoms with Crippen molar-refractivity contribution < 1.29 is 0 Å². The fraction of sp³-hybridized carbons (Fsp3) is 0.615. The van der Waals surface area contributed by atoms with Crippen LogP contribution in [0.4, 0.5) is 0 Å². The second kappa shape index (κ2) is 10.6. The van der Waals surface area contributed by atoms with Crippen molar-refractivity contribution in [2.75, 3.05) is 0 Å². The minimum absolute atomic E-state index is 0.0686. The quantitative estimate of drug-likeness (QED) is 0.251. The summed E-state index contributed by atoms with van der Waals surface area (Å²) < 4.78 is -3.47. The number of benzene rings is 1. The van der Waals surface area contributed by atoms with Crippen molar-refractivity contribution in [3.05, 3.63) is 55.5 Å². The van der Waals surface area contributed by atoms with Crippen LogP contribution in [0, 0.1) is 11.8 Å². The largest absolute Gasteiger partial charge is 0.168 e. The number of hydrogen-bond acceptors (Lipinski definition) is 0. The normalized spacial score (nSPS) is 44.6. The zero-order valence-corrected chi connectivity index (χ0v) is 31.1. The maximum Gasteiger partial charge on any atom is 0.168 e. The van der Waals surface area contributed by atoms with Crippen molar-refractivity contribution in [1.29, 1.82) is 0 Å². The molecule has 222 valence electrons. The van der Waals surface area contributed by atoms with Crippen molar-refractivity contribution in [1.82, 2.24) is 0 Å². The van der Waals surface area contributed by atoms with Crippen molar-refractivity contribution in [3.63, 3.8) is 0 Å². The molecule has 0 aromatic heterocycles. The number of hydrogen-bond donors (Lipinski definition) is 0. The van der Waals surface area contributed by atoms with Crippen molar-refractivity contribution in [2.24, 2.45) is 11.8 Å². The van der Waals surface area contributed by atoms with E-state index >= 15 is 0 Å². The maximum absolute atomic E-state index is 7.13. The van der Waals surface area contributed by atoms with Gasteiger partial charge in [0.15, 0.2) is 8.67 Å². The Labute approximate surface area is 304 Å². The first-order chi connectivity index (χ1) is 18.3. The van der Waals surface area contributed by atoms with Gasteiger partial charge in [-0.15, -0.1) is 69.6 Å². The molecule has 14 heteroatoms. The highest BCUT2D eigenvalue weighted by Crippen LogP contribution is 2.78. The van der Waals surface area contributed by atoms with E-state index in [1.165, 1.54) is 0 Å². The highest BCUT2D eigenvalue weighted by Gasteiger charge is 2.84. The lowest BCUT2D eigenvalue weighted by Gasteiger charge is -2.40. The summed E-state index contributed by atoms with van der Waals surface area (Å²) in [6.07, 6.45) is 1.28. The first-order valence-corrected chi connectivity index (χ1v) is 17.7. The zero-order chi connectivity index (χ0) is 30.2. The summed E-state index contributed by atoms with van der Waals surface area (Å²) >= 11 is 95.2.